The van der Waals surface area contributed by atoms with Gasteiger partial charge in [0.2, 0.25) is 0 Å². The summed E-state index contributed by atoms with van der Waals surface area (Å²) >= 11 is 1.58. The number of anilines is 1. The van der Waals surface area contributed by atoms with E-state index < -0.39 is 0 Å². The third-order valence-electron chi connectivity index (χ3n) is 2.75. The number of rotatable bonds is 2. The van der Waals surface area contributed by atoms with Crippen LogP contribution in [0.15, 0.2) is 52.3 Å². The van der Waals surface area contributed by atoms with Gasteiger partial charge in [0.05, 0.1) is 15.5 Å². The van der Waals surface area contributed by atoms with Crippen LogP contribution in [0, 0.1) is 0 Å². The average molecular weight is 287 g/mol. The Morgan fingerprint density at radius 3 is 2.75 bits per heavy atom. The molecule has 0 spiro atoms. The number of amides is 2. The first-order valence-corrected chi connectivity index (χ1v) is 6.91. The number of carbonyl (C=O) groups is 1. The Kier molecular flexibility index (Phi) is 3.49. The first-order chi connectivity index (χ1) is 9.78. The fourth-order valence-corrected chi connectivity index (χ4v) is 2.93. The van der Waals surface area contributed by atoms with E-state index in [-0.39, 0.29) is 6.03 Å². The van der Waals surface area contributed by atoms with Gasteiger partial charge in [0.15, 0.2) is 0 Å². The van der Waals surface area contributed by atoms with Crippen LogP contribution in [0.25, 0.3) is 0 Å². The van der Waals surface area contributed by atoms with Crippen LogP contribution in [0.2, 0.25) is 0 Å². The summed E-state index contributed by atoms with van der Waals surface area (Å²) in [6.07, 6.45) is 0. The quantitative estimate of drug-likeness (QED) is 0.633. The van der Waals surface area contributed by atoms with Crippen molar-refractivity contribution in [3.05, 3.63) is 42.5 Å². The minimum atomic E-state index is -0.319. The van der Waals surface area contributed by atoms with E-state index >= 15 is 0 Å². The van der Waals surface area contributed by atoms with Gasteiger partial charge in [-0.1, -0.05) is 30.0 Å². The lowest BCUT2D eigenvalue weighted by Gasteiger charge is -2.21. The number of urea groups is 1. The SMILES string of the molecule is CNNC(=O)Nc1cccc2c1Sc1ccccc1O2. The Bertz CT molecular complexity index is 661. The molecule has 0 atom stereocenters. The maximum atomic E-state index is 11.6. The van der Waals surface area contributed by atoms with Gasteiger partial charge in [-0.3, -0.25) is 5.43 Å². The zero-order valence-electron chi connectivity index (χ0n) is 10.8. The second kappa shape index (κ2) is 5.44. The van der Waals surface area contributed by atoms with E-state index in [2.05, 4.69) is 16.2 Å². The smallest absolute Gasteiger partial charge is 0.333 e. The molecule has 2 aromatic rings. The normalized spacial score (nSPS) is 11.8. The van der Waals surface area contributed by atoms with Crippen LogP contribution in [0.1, 0.15) is 0 Å². The van der Waals surface area contributed by atoms with E-state index in [1.54, 1.807) is 18.8 Å². The molecule has 20 heavy (non-hydrogen) atoms. The lowest BCUT2D eigenvalue weighted by atomic mass is 10.3. The first-order valence-electron chi connectivity index (χ1n) is 6.09. The van der Waals surface area contributed by atoms with Crippen LogP contribution < -0.4 is 20.9 Å². The van der Waals surface area contributed by atoms with Gasteiger partial charge in [0.25, 0.3) is 0 Å². The van der Waals surface area contributed by atoms with Crippen molar-refractivity contribution in [2.75, 3.05) is 12.4 Å². The van der Waals surface area contributed by atoms with Gasteiger partial charge in [-0.15, -0.1) is 0 Å². The van der Waals surface area contributed by atoms with Crippen LogP contribution in [0.4, 0.5) is 10.5 Å². The summed E-state index contributed by atoms with van der Waals surface area (Å²) < 4.78 is 5.85. The van der Waals surface area contributed by atoms with Crippen molar-refractivity contribution >= 4 is 23.5 Å². The number of ether oxygens (including phenoxy) is 1. The van der Waals surface area contributed by atoms with E-state index in [4.69, 9.17) is 4.74 Å². The number of carbonyl (C=O) groups excluding carboxylic acids is 1. The molecule has 6 heteroatoms. The number of para-hydroxylation sites is 1. The molecular formula is C14H13N3O2S. The molecule has 3 rings (SSSR count). The van der Waals surface area contributed by atoms with Crippen LogP contribution >= 0.6 is 11.8 Å². The highest BCUT2D eigenvalue weighted by molar-refractivity contribution is 7.99. The minimum Gasteiger partial charge on any atom is -0.455 e. The third kappa shape index (κ3) is 2.43. The van der Waals surface area contributed by atoms with Crippen molar-refractivity contribution in [3.8, 4) is 11.5 Å². The summed E-state index contributed by atoms with van der Waals surface area (Å²) in [6, 6.07) is 13.1. The predicted molar refractivity (Wildman–Crippen MR) is 78.3 cm³/mol. The number of hydrogen-bond donors (Lipinski definition) is 3. The van der Waals surface area contributed by atoms with Gasteiger partial charge < -0.3 is 10.1 Å². The van der Waals surface area contributed by atoms with Crippen molar-refractivity contribution in [2.24, 2.45) is 0 Å². The summed E-state index contributed by atoms with van der Waals surface area (Å²) in [4.78, 5) is 13.5. The molecule has 0 bridgehead atoms. The Labute approximate surface area is 120 Å². The van der Waals surface area contributed by atoms with Gasteiger partial charge in [0.1, 0.15) is 11.5 Å². The summed E-state index contributed by atoms with van der Waals surface area (Å²) in [5.74, 6) is 1.58. The van der Waals surface area contributed by atoms with E-state index in [0.29, 0.717) is 0 Å². The monoisotopic (exact) mass is 287 g/mol. The summed E-state index contributed by atoms with van der Waals surface area (Å²) in [7, 11) is 1.63. The zero-order valence-corrected chi connectivity index (χ0v) is 11.6. The predicted octanol–water partition coefficient (Wildman–Crippen LogP) is 3.20. The lowest BCUT2D eigenvalue weighted by molar-refractivity contribution is 0.249. The van der Waals surface area contributed by atoms with E-state index in [9.17, 15) is 4.79 Å². The Morgan fingerprint density at radius 2 is 1.90 bits per heavy atom. The zero-order chi connectivity index (χ0) is 13.9. The molecule has 1 aliphatic rings. The Balaban J connectivity index is 1.92. The molecule has 5 nitrogen and oxygen atoms in total. The Hall–Kier alpha value is -2.18. The maximum Gasteiger partial charge on any atom is 0.333 e. The molecule has 0 saturated carbocycles. The Morgan fingerprint density at radius 1 is 1.10 bits per heavy atom. The van der Waals surface area contributed by atoms with Crippen molar-refractivity contribution in [2.45, 2.75) is 9.79 Å². The first kappa shape index (κ1) is 12.8. The van der Waals surface area contributed by atoms with Crippen LogP contribution in [0.5, 0.6) is 11.5 Å². The molecule has 0 aliphatic carbocycles. The number of hydrogen-bond acceptors (Lipinski definition) is 4. The van der Waals surface area contributed by atoms with E-state index in [1.807, 2.05) is 42.5 Å². The highest BCUT2D eigenvalue weighted by atomic mass is 32.2. The van der Waals surface area contributed by atoms with Crippen LogP contribution in [-0.4, -0.2) is 13.1 Å². The van der Waals surface area contributed by atoms with Gasteiger partial charge in [-0.25, -0.2) is 10.2 Å². The molecule has 0 unspecified atom stereocenters. The molecule has 0 aromatic heterocycles. The number of nitrogens with one attached hydrogen (secondary N) is 3. The molecule has 2 amide bonds. The molecule has 1 aliphatic heterocycles. The molecule has 0 radical (unpaired) electrons. The molecular weight excluding hydrogens is 274 g/mol. The van der Waals surface area contributed by atoms with Crippen molar-refractivity contribution < 1.29 is 9.53 Å². The van der Waals surface area contributed by atoms with Gasteiger partial charge in [-0.2, -0.15) is 0 Å². The maximum absolute atomic E-state index is 11.6. The van der Waals surface area contributed by atoms with Crippen molar-refractivity contribution in [3.63, 3.8) is 0 Å². The number of hydrazine groups is 1. The molecule has 102 valence electrons. The van der Waals surface area contributed by atoms with Gasteiger partial charge in [-0.05, 0) is 24.3 Å². The van der Waals surface area contributed by atoms with Crippen LogP contribution in [0.3, 0.4) is 0 Å². The van der Waals surface area contributed by atoms with E-state index in [1.165, 1.54) is 0 Å². The van der Waals surface area contributed by atoms with Gasteiger partial charge in [0, 0.05) is 7.05 Å². The number of fused-ring (bicyclic) bond motifs is 2. The average Bonchev–Trinajstić information content (AvgIpc) is 2.46. The lowest BCUT2D eigenvalue weighted by Crippen LogP contribution is -2.37. The second-order valence-electron chi connectivity index (χ2n) is 4.11. The van der Waals surface area contributed by atoms with Gasteiger partial charge >= 0.3 is 6.03 Å². The second-order valence-corrected chi connectivity index (χ2v) is 5.17. The molecule has 0 saturated heterocycles. The summed E-state index contributed by atoms with van der Waals surface area (Å²) in [5, 5.41) is 2.79. The van der Waals surface area contributed by atoms with Crippen molar-refractivity contribution in [1.29, 1.82) is 0 Å². The fraction of sp³-hybridized carbons (Fsp3) is 0.0714. The summed E-state index contributed by atoms with van der Waals surface area (Å²) in [5.41, 5.74) is 5.77. The fourth-order valence-electron chi connectivity index (χ4n) is 1.91. The standard InChI is InChI=1S/C14H13N3O2S/c1-15-17-14(18)16-9-5-4-7-11-13(9)20-12-8-3-2-6-10(12)19-11/h2-8,15H,1H3,(H2,16,17,18). The molecule has 1 heterocycles. The highest BCUT2D eigenvalue weighted by Gasteiger charge is 2.20. The molecule has 3 N–H and O–H groups in total. The largest absolute Gasteiger partial charge is 0.455 e. The topological polar surface area (TPSA) is 62.4 Å². The third-order valence-corrected chi connectivity index (χ3v) is 3.93. The van der Waals surface area contributed by atoms with Crippen molar-refractivity contribution in [1.82, 2.24) is 10.9 Å². The molecule has 0 fully saturated rings. The van der Waals surface area contributed by atoms with Crippen LogP contribution in [-0.2, 0) is 0 Å². The number of benzene rings is 2. The van der Waals surface area contributed by atoms with E-state index in [0.717, 1.165) is 27.0 Å². The molecule has 2 aromatic carbocycles. The highest BCUT2D eigenvalue weighted by Crippen LogP contribution is 2.49. The summed E-state index contributed by atoms with van der Waals surface area (Å²) in [6.45, 7) is 0. The minimum absolute atomic E-state index is 0.319.